The van der Waals surface area contributed by atoms with Crippen molar-refractivity contribution in [1.29, 1.82) is 0 Å². The van der Waals surface area contributed by atoms with Crippen molar-refractivity contribution in [3.63, 3.8) is 0 Å². The summed E-state index contributed by atoms with van der Waals surface area (Å²) in [6, 6.07) is 8.38. The van der Waals surface area contributed by atoms with Gasteiger partial charge in [-0.25, -0.2) is 0 Å². The van der Waals surface area contributed by atoms with Crippen LogP contribution >= 0.6 is 0 Å². The third-order valence-electron chi connectivity index (χ3n) is 3.50. The van der Waals surface area contributed by atoms with Gasteiger partial charge >= 0.3 is 0 Å². The van der Waals surface area contributed by atoms with Crippen molar-refractivity contribution >= 4 is 0 Å². The Hall–Kier alpha value is -1.02. The zero-order valence-corrected chi connectivity index (χ0v) is 10.3. The SMILES string of the molecule is CCO[C@H]1C[C@@H](C)[C@@H]1c1ccc(OC)cc1. The van der Waals surface area contributed by atoms with Gasteiger partial charge in [-0.2, -0.15) is 0 Å². The Balaban J connectivity index is 2.09. The Morgan fingerprint density at radius 2 is 1.94 bits per heavy atom. The average molecular weight is 220 g/mol. The molecular formula is C14H20O2. The predicted molar refractivity (Wildman–Crippen MR) is 64.9 cm³/mol. The molecule has 0 N–H and O–H groups in total. The predicted octanol–water partition coefficient (Wildman–Crippen LogP) is 3.22. The Labute approximate surface area is 97.6 Å². The van der Waals surface area contributed by atoms with E-state index in [1.807, 2.05) is 12.1 Å². The second kappa shape index (κ2) is 4.88. The fraction of sp³-hybridized carbons (Fsp3) is 0.571. The molecule has 0 amide bonds. The molecule has 1 aromatic rings. The van der Waals surface area contributed by atoms with E-state index in [4.69, 9.17) is 9.47 Å². The quantitative estimate of drug-likeness (QED) is 0.775. The van der Waals surface area contributed by atoms with Crippen LogP contribution < -0.4 is 4.74 Å². The zero-order valence-electron chi connectivity index (χ0n) is 10.3. The molecule has 0 saturated heterocycles. The summed E-state index contributed by atoms with van der Waals surface area (Å²) < 4.78 is 10.9. The molecule has 1 aliphatic rings. The van der Waals surface area contributed by atoms with Gasteiger partial charge < -0.3 is 9.47 Å². The van der Waals surface area contributed by atoms with E-state index in [2.05, 4.69) is 26.0 Å². The number of ether oxygens (including phenoxy) is 2. The van der Waals surface area contributed by atoms with Crippen LogP contribution in [0.4, 0.5) is 0 Å². The third kappa shape index (κ3) is 2.07. The van der Waals surface area contributed by atoms with E-state index in [1.54, 1.807) is 7.11 Å². The fourth-order valence-electron chi connectivity index (χ4n) is 2.59. The van der Waals surface area contributed by atoms with E-state index in [-0.39, 0.29) is 0 Å². The zero-order chi connectivity index (χ0) is 11.5. The van der Waals surface area contributed by atoms with E-state index in [0.717, 1.165) is 18.3 Å². The molecule has 2 rings (SSSR count). The Bertz CT molecular complexity index is 329. The van der Waals surface area contributed by atoms with E-state index in [1.165, 1.54) is 12.0 Å². The van der Waals surface area contributed by atoms with Crippen molar-refractivity contribution < 1.29 is 9.47 Å². The lowest BCUT2D eigenvalue weighted by molar-refractivity contribution is -0.0419. The number of rotatable bonds is 4. The first-order valence-corrected chi connectivity index (χ1v) is 6.01. The Kier molecular flexibility index (Phi) is 3.49. The summed E-state index contributed by atoms with van der Waals surface area (Å²) >= 11 is 0. The lowest BCUT2D eigenvalue weighted by Crippen LogP contribution is -2.39. The summed E-state index contributed by atoms with van der Waals surface area (Å²) in [6.07, 6.45) is 1.60. The van der Waals surface area contributed by atoms with Crippen molar-refractivity contribution in [2.24, 2.45) is 5.92 Å². The molecule has 2 heteroatoms. The average Bonchev–Trinajstić information content (AvgIpc) is 2.29. The van der Waals surface area contributed by atoms with Crippen molar-refractivity contribution in [3.05, 3.63) is 29.8 Å². The minimum atomic E-state index is 0.411. The van der Waals surface area contributed by atoms with Gasteiger partial charge in [0.05, 0.1) is 13.2 Å². The normalized spacial score (nSPS) is 28.6. The molecule has 0 unspecified atom stereocenters. The third-order valence-corrected chi connectivity index (χ3v) is 3.50. The second-order valence-corrected chi connectivity index (χ2v) is 4.51. The lowest BCUT2D eigenvalue weighted by Gasteiger charge is -2.43. The topological polar surface area (TPSA) is 18.5 Å². The van der Waals surface area contributed by atoms with Gasteiger partial charge in [0.1, 0.15) is 5.75 Å². The van der Waals surface area contributed by atoms with Crippen LogP contribution in [-0.2, 0) is 4.74 Å². The molecule has 2 nitrogen and oxygen atoms in total. The van der Waals surface area contributed by atoms with Gasteiger partial charge in [0.2, 0.25) is 0 Å². The molecule has 0 spiro atoms. The summed E-state index contributed by atoms with van der Waals surface area (Å²) in [5.41, 5.74) is 1.37. The maximum absolute atomic E-state index is 5.74. The summed E-state index contributed by atoms with van der Waals surface area (Å²) in [5.74, 6) is 2.21. The van der Waals surface area contributed by atoms with Crippen LogP contribution in [0.5, 0.6) is 5.75 Å². The molecule has 0 heterocycles. The van der Waals surface area contributed by atoms with Gasteiger partial charge in [-0.15, -0.1) is 0 Å². The largest absolute Gasteiger partial charge is 0.497 e. The molecule has 1 fully saturated rings. The van der Waals surface area contributed by atoms with E-state index < -0.39 is 0 Å². The standard InChI is InChI=1S/C14H20O2/c1-4-16-13-9-10(2)14(13)11-5-7-12(15-3)8-6-11/h5-8,10,13-14H,4,9H2,1-3H3/t10-,13+,14-/m1/s1. The highest BCUT2D eigenvalue weighted by Gasteiger charge is 2.39. The Morgan fingerprint density at radius 3 is 2.44 bits per heavy atom. The molecule has 1 aliphatic carbocycles. The highest BCUT2D eigenvalue weighted by molar-refractivity contribution is 5.31. The van der Waals surface area contributed by atoms with Gasteiger partial charge in [-0.3, -0.25) is 0 Å². The van der Waals surface area contributed by atoms with Crippen LogP contribution in [0.15, 0.2) is 24.3 Å². The summed E-state index contributed by atoms with van der Waals surface area (Å²) in [5, 5.41) is 0. The maximum atomic E-state index is 5.74. The summed E-state index contributed by atoms with van der Waals surface area (Å²) in [7, 11) is 1.70. The molecule has 0 radical (unpaired) electrons. The highest BCUT2D eigenvalue weighted by atomic mass is 16.5. The number of hydrogen-bond acceptors (Lipinski definition) is 2. The fourth-order valence-corrected chi connectivity index (χ4v) is 2.59. The van der Waals surface area contributed by atoms with Crippen molar-refractivity contribution in [3.8, 4) is 5.75 Å². The first-order chi connectivity index (χ1) is 7.76. The van der Waals surface area contributed by atoms with Crippen LogP contribution in [0.3, 0.4) is 0 Å². The highest BCUT2D eigenvalue weighted by Crippen LogP contribution is 2.44. The summed E-state index contributed by atoms with van der Waals surface area (Å²) in [4.78, 5) is 0. The molecule has 1 saturated carbocycles. The molecular weight excluding hydrogens is 200 g/mol. The van der Waals surface area contributed by atoms with Crippen LogP contribution in [-0.4, -0.2) is 19.8 Å². The minimum absolute atomic E-state index is 0.411. The van der Waals surface area contributed by atoms with Crippen molar-refractivity contribution in [2.45, 2.75) is 32.3 Å². The molecule has 0 aromatic heterocycles. The smallest absolute Gasteiger partial charge is 0.118 e. The van der Waals surface area contributed by atoms with Gasteiger partial charge in [0.15, 0.2) is 0 Å². The van der Waals surface area contributed by atoms with E-state index in [0.29, 0.717) is 12.0 Å². The Morgan fingerprint density at radius 1 is 1.25 bits per heavy atom. The first-order valence-electron chi connectivity index (χ1n) is 6.01. The van der Waals surface area contributed by atoms with Gasteiger partial charge in [0.25, 0.3) is 0 Å². The van der Waals surface area contributed by atoms with E-state index in [9.17, 15) is 0 Å². The number of benzene rings is 1. The van der Waals surface area contributed by atoms with E-state index >= 15 is 0 Å². The second-order valence-electron chi connectivity index (χ2n) is 4.51. The van der Waals surface area contributed by atoms with Crippen molar-refractivity contribution in [2.75, 3.05) is 13.7 Å². The molecule has 0 bridgehead atoms. The maximum Gasteiger partial charge on any atom is 0.118 e. The molecule has 1 aromatic carbocycles. The van der Waals surface area contributed by atoms with Crippen LogP contribution in [0.2, 0.25) is 0 Å². The summed E-state index contributed by atoms with van der Waals surface area (Å²) in [6.45, 7) is 5.17. The molecule has 0 aliphatic heterocycles. The minimum Gasteiger partial charge on any atom is -0.497 e. The van der Waals surface area contributed by atoms with Gasteiger partial charge in [-0.05, 0) is 37.0 Å². The van der Waals surface area contributed by atoms with Crippen LogP contribution in [0.25, 0.3) is 0 Å². The molecule has 16 heavy (non-hydrogen) atoms. The molecule has 88 valence electrons. The number of methoxy groups -OCH3 is 1. The molecule has 3 atom stereocenters. The van der Waals surface area contributed by atoms with Crippen LogP contribution in [0.1, 0.15) is 31.7 Å². The van der Waals surface area contributed by atoms with Crippen molar-refractivity contribution in [1.82, 2.24) is 0 Å². The van der Waals surface area contributed by atoms with Gasteiger partial charge in [-0.1, -0.05) is 19.1 Å². The van der Waals surface area contributed by atoms with Gasteiger partial charge in [0, 0.05) is 12.5 Å². The lowest BCUT2D eigenvalue weighted by atomic mass is 9.68. The monoisotopic (exact) mass is 220 g/mol. The number of hydrogen-bond donors (Lipinski definition) is 0. The van der Waals surface area contributed by atoms with Crippen LogP contribution in [0, 0.1) is 5.92 Å². The first kappa shape index (κ1) is 11.5.